The molecule has 24 heavy (non-hydrogen) atoms. The summed E-state index contributed by atoms with van der Waals surface area (Å²) in [6.45, 7) is 2.76. The average molecular weight is 339 g/mol. The van der Waals surface area contributed by atoms with Gasteiger partial charge in [-0.3, -0.25) is 4.68 Å². The van der Waals surface area contributed by atoms with Crippen LogP contribution < -0.4 is 4.90 Å². The summed E-state index contributed by atoms with van der Waals surface area (Å²) in [4.78, 5) is 12.5. The predicted octanol–water partition coefficient (Wildman–Crippen LogP) is 3.54. The molecule has 0 saturated carbocycles. The SMILES string of the molecule is CSc1cccc(CN(C)c2nccc(-c3cn(C)nc3C)n2)c1. The highest BCUT2D eigenvalue weighted by atomic mass is 32.2. The van der Waals surface area contributed by atoms with E-state index in [9.17, 15) is 0 Å². The Labute approximate surface area is 146 Å². The Hall–Kier alpha value is -2.34. The van der Waals surface area contributed by atoms with Crippen molar-refractivity contribution in [1.82, 2.24) is 19.7 Å². The van der Waals surface area contributed by atoms with Crippen LogP contribution in [-0.2, 0) is 13.6 Å². The Bertz CT molecular complexity index is 843. The summed E-state index contributed by atoms with van der Waals surface area (Å²) < 4.78 is 1.81. The van der Waals surface area contributed by atoms with Gasteiger partial charge in [0.05, 0.1) is 11.4 Å². The summed E-state index contributed by atoms with van der Waals surface area (Å²) in [6, 6.07) is 10.5. The molecule has 0 aliphatic carbocycles. The van der Waals surface area contributed by atoms with Crippen LogP contribution in [0, 0.1) is 6.92 Å². The first-order chi connectivity index (χ1) is 11.6. The molecule has 3 rings (SSSR count). The molecule has 0 atom stereocenters. The largest absolute Gasteiger partial charge is 0.340 e. The first-order valence-corrected chi connectivity index (χ1v) is 8.97. The Morgan fingerprint density at radius 3 is 2.79 bits per heavy atom. The molecule has 124 valence electrons. The number of hydrogen-bond donors (Lipinski definition) is 0. The van der Waals surface area contributed by atoms with Gasteiger partial charge in [-0.15, -0.1) is 11.8 Å². The maximum Gasteiger partial charge on any atom is 0.225 e. The van der Waals surface area contributed by atoms with Crippen molar-refractivity contribution in [2.45, 2.75) is 18.4 Å². The first kappa shape index (κ1) is 16.5. The van der Waals surface area contributed by atoms with Crippen LogP contribution in [-0.4, -0.2) is 33.1 Å². The van der Waals surface area contributed by atoms with Gasteiger partial charge in [-0.05, 0) is 36.9 Å². The third-order valence-corrected chi connectivity index (χ3v) is 4.55. The van der Waals surface area contributed by atoms with Crippen LogP contribution in [0.1, 0.15) is 11.3 Å². The number of hydrogen-bond acceptors (Lipinski definition) is 5. The molecule has 0 aliphatic rings. The maximum absolute atomic E-state index is 4.71. The lowest BCUT2D eigenvalue weighted by atomic mass is 10.2. The normalized spacial score (nSPS) is 10.8. The summed E-state index contributed by atoms with van der Waals surface area (Å²) in [6.07, 6.45) is 5.88. The molecule has 2 aromatic heterocycles. The minimum absolute atomic E-state index is 0.713. The summed E-state index contributed by atoms with van der Waals surface area (Å²) >= 11 is 1.75. The van der Waals surface area contributed by atoms with Crippen molar-refractivity contribution in [2.75, 3.05) is 18.2 Å². The lowest BCUT2D eigenvalue weighted by Gasteiger charge is -2.18. The van der Waals surface area contributed by atoms with Gasteiger partial charge in [0.1, 0.15) is 0 Å². The van der Waals surface area contributed by atoms with Crippen LogP contribution in [0.5, 0.6) is 0 Å². The number of benzene rings is 1. The molecule has 0 bridgehead atoms. The predicted molar refractivity (Wildman–Crippen MR) is 99.3 cm³/mol. The van der Waals surface area contributed by atoms with Crippen LogP contribution >= 0.6 is 11.8 Å². The van der Waals surface area contributed by atoms with E-state index in [1.807, 2.05) is 38.0 Å². The second kappa shape index (κ2) is 7.05. The zero-order chi connectivity index (χ0) is 17.1. The highest BCUT2D eigenvalue weighted by Crippen LogP contribution is 2.22. The number of nitrogens with zero attached hydrogens (tertiary/aromatic N) is 5. The molecule has 2 heterocycles. The maximum atomic E-state index is 4.71. The van der Waals surface area contributed by atoms with Crippen molar-refractivity contribution >= 4 is 17.7 Å². The number of aromatic nitrogens is 4. The molecule has 0 spiro atoms. The summed E-state index contributed by atoms with van der Waals surface area (Å²) in [5, 5.41) is 4.39. The van der Waals surface area contributed by atoms with Crippen molar-refractivity contribution < 1.29 is 0 Å². The molecule has 0 amide bonds. The molecule has 0 unspecified atom stereocenters. The van der Waals surface area contributed by atoms with E-state index in [0.717, 1.165) is 23.5 Å². The Kier molecular flexibility index (Phi) is 4.85. The van der Waals surface area contributed by atoms with Crippen molar-refractivity contribution in [3.63, 3.8) is 0 Å². The average Bonchev–Trinajstić information content (AvgIpc) is 2.93. The van der Waals surface area contributed by atoms with Gasteiger partial charge >= 0.3 is 0 Å². The highest BCUT2D eigenvalue weighted by molar-refractivity contribution is 7.98. The van der Waals surface area contributed by atoms with E-state index < -0.39 is 0 Å². The Morgan fingerprint density at radius 2 is 2.08 bits per heavy atom. The summed E-state index contributed by atoms with van der Waals surface area (Å²) in [5.74, 6) is 0.713. The quantitative estimate of drug-likeness (QED) is 0.665. The highest BCUT2D eigenvalue weighted by Gasteiger charge is 2.11. The fourth-order valence-electron chi connectivity index (χ4n) is 2.65. The molecule has 3 aromatic rings. The molecule has 6 heteroatoms. The molecule has 5 nitrogen and oxygen atoms in total. The number of rotatable bonds is 5. The minimum atomic E-state index is 0.713. The van der Waals surface area contributed by atoms with E-state index in [1.54, 1.807) is 18.0 Å². The van der Waals surface area contributed by atoms with E-state index in [0.29, 0.717) is 5.95 Å². The van der Waals surface area contributed by atoms with Crippen LogP contribution in [0.15, 0.2) is 47.6 Å². The van der Waals surface area contributed by atoms with Gasteiger partial charge < -0.3 is 4.90 Å². The lowest BCUT2D eigenvalue weighted by molar-refractivity contribution is 0.756. The summed E-state index contributed by atoms with van der Waals surface area (Å²) in [5.41, 5.74) is 4.16. The lowest BCUT2D eigenvalue weighted by Crippen LogP contribution is -2.19. The van der Waals surface area contributed by atoms with Crippen molar-refractivity contribution in [3.05, 3.63) is 54.0 Å². The molecule has 0 saturated heterocycles. The second-order valence-electron chi connectivity index (χ2n) is 5.75. The van der Waals surface area contributed by atoms with Crippen LogP contribution in [0.3, 0.4) is 0 Å². The zero-order valence-corrected chi connectivity index (χ0v) is 15.2. The van der Waals surface area contributed by atoms with Crippen LogP contribution in [0.4, 0.5) is 5.95 Å². The van der Waals surface area contributed by atoms with Gasteiger partial charge in [0.25, 0.3) is 0 Å². The molecule has 0 aliphatic heterocycles. The van der Waals surface area contributed by atoms with Crippen molar-refractivity contribution in [3.8, 4) is 11.3 Å². The topological polar surface area (TPSA) is 46.8 Å². The molecule has 0 fully saturated rings. The van der Waals surface area contributed by atoms with Gasteiger partial charge in [-0.2, -0.15) is 5.10 Å². The molecular formula is C18H21N5S. The third kappa shape index (κ3) is 3.59. The van der Waals surface area contributed by atoms with Gasteiger partial charge in [0.2, 0.25) is 5.95 Å². The zero-order valence-electron chi connectivity index (χ0n) is 14.4. The van der Waals surface area contributed by atoms with E-state index in [4.69, 9.17) is 4.98 Å². The monoisotopic (exact) mass is 339 g/mol. The van der Waals surface area contributed by atoms with Gasteiger partial charge in [0.15, 0.2) is 0 Å². The minimum Gasteiger partial charge on any atom is -0.340 e. The van der Waals surface area contributed by atoms with E-state index in [1.165, 1.54) is 10.5 Å². The number of aryl methyl sites for hydroxylation is 2. The Balaban J connectivity index is 1.84. The molecule has 0 radical (unpaired) electrons. The van der Waals surface area contributed by atoms with Gasteiger partial charge in [-0.25, -0.2) is 9.97 Å². The van der Waals surface area contributed by atoms with Crippen LogP contribution in [0.25, 0.3) is 11.3 Å². The standard InChI is InChI=1S/C18H21N5S/c1-13-16(12-23(3)21-13)17-8-9-19-18(20-17)22(2)11-14-6-5-7-15(10-14)24-4/h5-10,12H,11H2,1-4H3. The van der Waals surface area contributed by atoms with E-state index >= 15 is 0 Å². The van der Waals surface area contributed by atoms with E-state index in [2.05, 4.69) is 45.5 Å². The van der Waals surface area contributed by atoms with Gasteiger partial charge in [0, 0.05) is 43.5 Å². The third-order valence-electron chi connectivity index (χ3n) is 3.83. The Morgan fingerprint density at radius 1 is 1.25 bits per heavy atom. The number of thioether (sulfide) groups is 1. The smallest absolute Gasteiger partial charge is 0.225 e. The van der Waals surface area contributed by atoms with Crippen LogP contribution in [0.2, 0.25) is 0 Å². The van der Waals surface area contributed by atoms with Gasteiger partial charge in [-0.1, -0.05) is 12.1 Å². The summed E-state index contributed by atoms with van der Waals surface area (Å²) in [7, 11) is 3.93. The fraction of sp³-hybridized carbons (Fsp3) is 0.278. The van der Waals surface area contributed by atoms with Crippen molar-refractivity contribution in [2.24, 2.45) is 7.05 Å². The van der Waals surface area contributed by atoms with E-state index in [-0.39, 0.29) is 0 Å². The molecular weight excluding hydrogens is 318 g/mol. The number of anilines is 1. The van der Waals surface area contributed by atoms with Crippen molar-refractivity contribution in [1.29, 1.82) is 0 Å². The molecule has 1 aromatic carbocycles. The second-order valence-corrected chi connectivity index (χ2v) is 6.63. The fourth-order valence-corrected chi connectivity index (χ4v) is 3.13. The molecule has 0 N–H and O–H groups in total. The first-order valence-electron chi connectivity index (χ1n) is 7.74.